The van der Waals surface area contributed by atoms with Crippen molar-refractivity contribution in [2.45, 2.75) is 46.6 Å². The molecular formula is C15H24ClN3O. The van der Waals surface area contributed by atoms with Gasteiger partial charge in [0.2, 0.25) is 0 Å². The second-order valence-corrected chi connectivity index (χ2v) is 5.81. The van der Waals surface area contributed by atoms with Gasteiger partial charge in [0, 0.05) is 18.2 Å². The van der Waals surface area contributed by atoms with Crippen LogP contribution in [0.25, 0.3) is 0 Å². The quantitative estimate of drug-likeness (QED) is 0.816. The van der Waals surface area contributed by atoms with E-state index in [2.05, 4.69) is 32.7 Å². The lowest BCUT2D eigenvalue weighted by atomic mass is 10.1. The van der Waals surface area contributed by atoms with E-state index < -0.39 is 0 Å². The van der Waals surface area contributed by atoms with Gasteiger partial charge in [-0.2, -0.15) is 0 Å². The average Bonchev–Trinajstić information content (AvgIpc) is 2.36. The number of pyridine rings is 1. The molecule has 5 heteroatoms. The molecule has 0 unspecified atom stereocenters. The van der Waals surface area contributed by atoms with E-state index in [0.717, 1.165) is 19.4 Å². The maximum Gasteiger partial charge on any atom is 0.254 e. The molecule has 112 valence electrons. The standard InChI is InChI=1S/C15H24ClN3O/c1-5-12(6-2)19(9-10(3)4)15(20)11-7-13(16)18-14(17)8-11/h7-8,10,12H,5-6,9H2,1-4H3,(H2,17,18). The number of aromatic nitrogens is 1. The lowest BCUT2D eigenvalue weighted by molar-refractivity contribution is 0.0640. The summed E-state index contributed by atoms with van der Waals surface area (Å²) in [4.78, 5) is 18.5. The normalized spacial score (nSPS) is 11.2. The van der Waals surface area contributed by atoms with Crippen LogP contribution in [0.3, 0.4) is 0 Å². The molecule has 0 saturated heterocycles. The molecular weight excluding hydrogens is 274 g/mol. The maximum atomic E-state index is 12.7. The lowest BCUT2D eigenvalue weighted by Crippen LogP contribution is -2.42. The van der Waals surface area contributed by atoms with Crippen molar-refractivity contribution in [1.82, 2.24) is 9.88 Å². The Hall–Kier alpha value is -1.29. The van der Waals surface area contributed by atoms with Gasteiger partial charge in [0.05, 0.1) is 0 Å². The van der Waals surface area contributed by atoms with E-state index in [1.165, 1.54) is 0 Å². The minimum absolute atomic E-state index is 0.0246. The molecule has 1 heterocycles. The van der Waals surface area contributed by atoms with Crippen molar-refractivity contribution >= 4 is 23.3 Å². The molecule has 0 aliphatic rings. The first kappa shape index (κ1) is 16.8. The fourth-order valence-corrected chi connectivity index (χ4v) is 2.54. The predicted molar refractivity (Wildman–Crippen MR) is 83.9 cm³/mol. The van der Waals surface area contributed by atoms with Crippen molar-refractivity contribution in [3.8, 4) is 0 Å². The van der Waals surface area contributed by atoms with Gasteiger partial charge in [-0.05, 0) is 30.9 Å². The molecule has 1 rings (SSSR count). The zero-order chi connectivity index (χ0) is 15.3. The number of hydrogen-bond acceptors (Lipinski definition) is 3. The summed E-state index contributed by atoms with van der Waals surface area (Å²) in [6.07, 6.45) is 1.87. The zero-order valence-electron chi connectivity index (χ0n) is 12.7. The molecule has 2 N–H and O–H groups in total. The highest BCUT2D eigenvalue weighted by Crippen LogP contribution is 2.19. The topological polar surface area (TPSA) is 59.2 Å². The van der Waals surface area contributed by atoms with Crippen LogP contribution >= 0.6 is 11.6 Å². The monoisotopic (exact) mass is 297 g/mol. The number of nitrogens with zero attached hydrogens (tertiary/aromatic N) is 2. The molecule has 20 heavy (non-hydrogen) atoms. The van der Waals surface area contributed by atoms with Crippen molar-refractivity contribution in [2.24, 2.45) is 5.92 Å². The summed E-state index contributed by atoms with van der Waals surface area (Å²) in [6.45, 7) is 9.14. The average molecular weight is 298 g/mol. The van der Waals surface area contributed by atoms with Crippen molar-refractivity contribution in [3.63, 3.8) is 0 Å². The third-order valence-electron chi connectivity index (χ3n) is 3.27. The lowest BCUT2D eigenvalue weighted by Gasteiger charge is -2.32. The highest BCUT2D eigenvalue weighted by molar-refractivity contribution is 6.29. The minimum Gasteiger partial charge on any atom is -0.384 e. The Morgan fingerprint density at radius 1 is 1.35 bits per heavy atom. The van der Waals surface area contributed by atoms with Gasteiger partial charge in [0.1, 0.15) is 11.0 Å². The van der Waals surface area contributed by atoms with Crippen LogP contribution in [0, 0.1) is 5.92 Å². The van der Waals surface area contributed by atoms with Crippen LogP contribution in [0.2, 0.25) is 5.15 Å². The van der Waals surface area contributed by atoms with Gasteiger partial charge in [0.25, 0.3) is 5.91 Å². The number of anilines is 1. The van der Waals surface area contributed by atoms with Gasteiger partial charge in [-0.15, -0.1) is 0 Å². The first-order chi connectivity index (χ1) is 9.38. The fraction of sp³-hybridized carbons (Fsp3) is 0.600. The van der Waals surface area contributed by atoms with Crippen LogP contribution in [0.4, 0.5) is 5.82 Å². The number of hydrogen-bond donors (Lipinski definition) is 1. The highest BCUT2D eigenvalue weighted by Gasteiger charge is 2.23. The molecule has 0 radical (unpaired) electrons. The molecule has 0 saturated carbocycles. The molecule has 0 aromatic carbocycles. The number of carbonyl (C=O) groups excluding carboxylic acids is 1. The second kappa shape index (κ2) is 7.48. The van der Waals surface area contributed by atoms with Crippen molar-refractivity contribution in [1.29, 1.82) is 0 Å². The summed E-state index contributed by atoms with van der Waals surface area (Å²) < 4.78 is 0. The van der Waals surface area contributed by atoms with Crippen LogP contribution in [-0.4, -0.2) is 28.4 Å². The van der Waals surface area contributed by atoms with E-state index in [9.17, 15) is 4.79 Å². The smallest absolute Gasteiger partial charge is 0.254 e. The fourth-order valence-electron chi connectivity index (χ4n) is 2.33. The number of halogens is 1. The Morgan fingerprint density at radius 3 is 2.40 bits per heavy atom. The van der Waals surface area contributed by atoms with Gasteiger partial charge in [-0.3, -0.25) is 4.79 Å². The summed E-state index contributed by atoms with van der Waals surface area (Å²) in [5.74, 6) is 0.660. The summed E-state index contributed by atoms with van der Waals surface area (Å²) in [7, 11) is 0. The SMILES string of the molecule is CCC(CC)N(CC(C)C)C(=O)c1cc(N)nc(Cl)c1. The van der Waals surface area contributed by atoms with Gasteiger partial charge >= 0.3 is 0 Å². The molecule has 0 bridgehead atoms. The number of amides is 1. The number of rotatable bonds is 6. The third kappa shape index (κ3) is 4.37. The molecule has 0 aliphatic heterocycles. The molecule has 1 aromatic rings. The van der Waals surface area contributed by atoms with E-state index in [-0.39, 0.29) is 22.9 Å². The van der Waals surface area contributed by atoms with Crippen molar-refractivity contribution < 1.29 is 4.79 Å². The van der Waals surface area contributed by atoms with Crippen LogP contribution < -0.4 is 5.73 Å². The first-order valence-corrected chi connectivity index (χ1v) is 7.50. The van der Waals surface area contributed by atoms with Gasteiger partial charge in [-0.1, -0.05) is 39.3 Å². The Kier molecular flexibility index (Phi) is 6.27. The summed E-state index contributed by atoms with van der Waals surface area (Å²) >= 11 is 5.89. The van der Waals surface area contributed by atoms with E-state index in [4.69, 9.17) is 17.3 Å². The molecule has 0 aliphatic carbocycles. The molecule has 4 nitrogen and oxygen atoms in total. The third-order valence-corrected chi connectivity index (χ3v) is 3.46. The van der Waals surface area contributed by atoms with Crippen LogP contribution in [0.15, 0.2) is 12.1 Å². The van der Waals surface area contributed by atoms with E-state index in [1.807, 2.05) is 4.90 Å². The van der Waals surface area contributed by atoms with E-state index >= 15 is 0 Å². The Labute approximate surface area is 126 Å². The summed E-state index contributed by atoms with van der Waals surface area (Å²) in [5.41, 5.74) is 6.18. The Bertz CT molecular complexity index is 438. The Morgan fingerprint density at radius 2 is 1.95 bits per heavy atom. The van der Waals surface area contributed by atoms with E-state index in [1.54, 1.807) is 12.1 Å². The minimum atomic E-state index is -0.0246. The highest BCUT2D eigenvalue weighted by atomic mass is 35.5. The largest absolute Gasteiger partial charge is 0.384 e. The van der Waals surface area contributed by atoms with Gasteiger partial charge in [0.15, 0.2) is 0 Å². The van der Waals surface area contributed by atoms with Gasteiger partial charge < -0.3 is 10.6 Å². The van der Waals surface area contributed by atoms with Crippen molar-refractivity contribution in [2.75, 3.05) is 12.3 Å². The predicted octanol–water partition coefficient (Wildman–Crippen LogP) is 3.60. The van der Waals surface area contributed by atoms with Crippen LogP contribution in [0.5, 0.6) is 0 Å². The number of nitrogens with two attached hydrogens (primary N) is 1. The number of nitrogen functional groups attached to an aromatic ring is 1. The summed E-state index contributed by atoms with van der Waals surface area (Å²) in [6, 6.07) is 3.40. The first-order valence-electron chi connectivity index (χ1n) is 7.13. The molecule has 1 aromatic heterocycles. The maximum absolute atomic E-state index is 12.7. The summed E-state index contributed by atoms with van der Waals surface area (Å²) in [5, 5.41) is 0.252. The van der Waals surface area contributed by atoms with Crippen LogP contribution in [0.1, 0.15) is 50.9 Å². The molecule has 0 atom stereocenters. The second-order valence-electron chi connectivity index (χ2n) is 5.43. The molecule has 1 amide bonds. The zero-order valence-corrected chi connectivity index (χ0v) is 13.4. The van der Waals surface area contributed by atoms with Crippen molar-refractivity contribution in [3.05, 3.63) is 22.8 Å². The molecule has 0 fully saturated rings. The van der Waals surface area contributed by atoms with E-state index in [0.29, 0.717) is 11.5 Å². The van der Waals surface area contributed by atoms with Gasteiger partial charge in [-0.25, -0.2) is 4.98 Å². The number of carbonyl (C=O) groups is 1. The Balaban J connectivity index is 3.08. The van der Waals surface area contributed by atoms with Crippen LogP contribution in [-0.2, 0) is 0 Å². The molecule has 0 spiro atoms.